The zero-order valence-corrected chi connectivity index (χ0v) is 13.9. The summed E-state index contributed by atoms with van der Waals surface area (Å²) in [6.07, 6.45) is 0.552. The van der Waals surface area contributed by atoms with Crippen LogP contribution >= 0.6 is 15.9 Å². The van der Waals surface area contributed by atoms with Gasteiger partial charge in [-0.05, 0) is 49.2 Å². The fraction of sp³-hybridized carbons (Fsp3) is 0.235. The summed E-state index contributed by atoms with van der Waals surface area (Å²) in [5.41, 5.74) is 2.51. The summed E-state index contributed by atoms with van der Waals surface area (Å²) in [5, 5.41) is 5.83. The minimum atomic E-state index is -0.210. The van der Waals surface area contributed by atoms with Crippen molar-refractivity contribution in [3.63, 3.8) is 0 Å². The van der Waals surface area contributed by atoms with Crippen LogP contribution in [0.4, 0.5) is 10.1 Å². The van der Waals surface area contributed by atoms with Crippen LogP contribution in [0.25, 0.3) is 0 Å². The van der Waals surface area contributed by atoms with E-state index in [1.54, 1.807) is 18.2 Å². The van der Waals surface area contributed by atoms with Gasteiger partial charge in [0.25, 0.3) is 0 Å². The molecule has 116 valence electrons. The number of hydrogen-bond donors (Lipinski definition) is 2. The van der Waals surface area contributed by atoms with Gasteiger partial charge in [0.15, 0.2) is 0 Å². The summed E-state index contributed by atoms with van der Waals surface area (Å²) in [7, 11) is 0. The molecule has 0 bridgehead atoms. The van der Waals surface area contributed by atoms with Crippen molar-refractivity contribution in [3.8, 4) is 0 Å². The largest absolute Gasteiger partial charge is 0.325 e. The maximum absolute atomic E-state index is 13.4. The van der Waals surface area contributed by atoms with E-state index >= 15 is 0 Å². The lowest BCUT2D eigenvalue weighted by Crippen LogP contribution is -2.29. The lowest BCUT2D eigenvalue weighted by molar-refractivity contribution is -0.115. The molecule has 2 rings (SSSR count). The van der Waals surface area contributed by atoms with Crippen LogP contribution in [0.2, 0.25) is 0 Å². The molecule has 0 aliphatic heterocycles. The van der Waals surface area contributed by atoms with E-state index < -0.39 is 0 Å². The zero-order chi connectivity index (χ0) is 15.9. The molecule has 22 heavy (non-hydrogen) atoms. The van der Waals surface area contributed by atoms with E-state index in [1.807, 2.05) is 25.1 Å². The molecule has 0 heterocycles. The van der Waals surface area contributed by atoms with E-state index in [9.17, 15) is 9.18 Å². The second-order valence-electron chi connectivity index (χ2n) is 5.03. The molecule has 2 aromatic carbocycles. The predicted octanol–water partition coefficient (Wildman–Crippen LogP) is 3.67. The van der Waals surface area contributed by atoms with E-state index in [0.29, 0.717) is 18.5 Å². The van der Waals surface area contributed by atoms with Gasteiger partial charge in [-0.1, -0.05) is 40.2 Å². The molecule has 3 nitrogen and oxygen atoms in total. The minimum absolute atomic E-state index is 0.121. The molecule has 0 spiro atoms. The average Bonchev–Trinajstić information content (AvgIpc) is 2.49. The van der Waals surface area contributed by atoms with Gasteiger partial charge in [0.1, 0.15) is 5.82 Å². The van der Waals surface area contributed by atoms with Crippen LogP contribution in [0.1, 0.15) is 11.1 Å². The Morgan fingerprint density at radius 3 is 2.73 bits per heavy atom. The number of hydrogen-bond acceptors (Lipinski definition) is 2. The lowest BCUT2D eigenvalue weighted by Gasteiger charge is -2.08. The first-order valence-corrected chi connectivity index (χ1v) is 7.85. The maximum Gasteiger partial charge on any atom is 0.238 e. The topological polar surface area (TPSA) is 41.1 Å². The monoisotopic (exact) mass is 364 g/mol. The van der Waals surface area contributed by atoms with Crippen molar-refractivity contribution in [1.82, 2.24) is 5.32 Å². The van der Waals surface area contributed by atoms with Crippen molar-refractivity contribution < 1.29 is 9.18 Å². The SMILES string of the molecule is Cc1ccc(NC(=O)CNCCc2ccccc2F)cc1Br. The van der Waals surface area contributed by atoms with Crippen LogP contribution in [0.15, 0.2) is 46.9 Å². The van der Waals surface area contributed by atoms with Gasteiger partial charge in [-0.15, -0.1) is 0 Å². The van der Waals surface area contributed by atoms with E-state index in [2.05, 4.69) is 26.6 Å². The number of nitrogens with one attached hydrogen (secondary N) is 2. The summed E-state index contributed by atoms with van der Waals surface area (Å²) in [6.45, 7) is 2.73. The number of amides is 1. The molecule has 0 fully saturated rings. The summed E-state index contributed by atoms with van der Waals surface area (Å²) in [5.74, 6) is -0.331. The predicted molar refractivity (Wildman–Crippen MR) is 90.5 cm³/mol. The molecule has 1 amide bonds. The van der Waals surface area contributed by atoms with E-state index in [4.69, 9.17) is 0 Å². The maximum atomic E-state index is 13.4. The first-order chi connectivity index (χ1) is 10.6. The van der Waals surface area contributed by atoms with Crippen molar-refractivity contribution in [2.75, 3.05) is 18.4 Å². The standard InChI is InChI=1S/C17H18BrFN2O/c1-12-6-7-14(10-15(12)18)21-17(22)11-20-9-8-13-4-2-3-5-16(13)19/h2-7,10,20H,8-9,11H2,1H3,(H,21,22). The highest BCUT2D eigenvalue weighted by Crippen LogP contribution is 2.20. The Hall–Kier alpha value is -1.72. The third-order valence-electron chi connectivity index (χ3n) is 3.27. The first-order valence-electron chi connectivity index (χ1n) is 7.06. The third kappa shape index (κ3) is 4.93. The number of anilines is 1. The fourth-order valence-electron chi connectivity index (χ4n) is 2.00. The second-order valence-corrected chi connectivity index (χ2v) is 5.88. The van der Waals surface area contributed by atoms with Gasteiger partial charge in [-0.25, -0.2) is 4.39 Å². The number of halogens is 2. The molecule has 2 aromatic rings. The van der Waals surface area contributed by atoms with Crippen molar-refractivity contribution in [1.29, 1.82) is 0 Å². The van der Waals surface area contributed by atoms with Crippen molar-refractivity contribution in [2.24, 2.45) is 0 Å². The van der Waals surface area contributed by atoms with Gasteiger partial charge in [-0.3, -0.25) is 4.79 Å². The van der Waals surface area contributed by atoms with Gasteiger partial charge in [0.05, 0.1) is 6.54 Å². The molecular weight excluding hydrogens is 347 g/mol. The average molecular weight is 365 g/mol. The Morgan fingerprint density at radius 1 is 1.23 bits per heavy atom. The van der Waals surface area contributed by atoms with Crippen LogP contribution in [0.3, 0.4) is 0 Å². The minimum Gasteiger partial charge on any atom is -0.325 e. The second kappa shape index (κ2) is 8.06. The highest BCUT2D eigenvalue weighted by atomic mass is 79.9. The summed E-state index contributed by atoms with van der Waals surface area (Å²) >= 11 is 3.43. The normalized spacial score (nSPS) is 10.5. The van der Waals surface area contributed by atoms with Gasteiger partial charge in [-0.2, -0.15) is 0 Å². The van der Waals surface area contributed by atoms with Crippen molar-refractivity contribution in [3.05, 3.63) is 63.9 Å². The van der Waals surface area contributed by atoms with Gasteiger partial charge in [0.2, 0.25) is 5.91 Å². The van der Waals surface area contributed by atoms with Gasteiger partial charge in [0, 0.05) is 10.2 Å². The summed E-state index contributed by atoms with van der Waals surface area (Å²) < 4.78 is 14.4. The molecule has 0 saturated heterocycles. The van der Waals surface area contributed by atoms with E-state index in [0.717, 1.165) is 15.7 Å². The zero-order valence-electron chi connectivity index (χ0n) is 12.3. The Morgan fingerprint density at radius 2 is 2.00 bits per heavy atom. The molecule has 0 aliphatic rings. The summed E-state index contributed by atoms with van der Waals surface area (Å²) in [4.78, 5) is 11.8. The van der Waals surface area contributed by atoms with Gasteiger partial charge < -0.3 is 10.6 Å². The van der Waals surface area contributed by atoms with Crippen molar-refractivity contribution in [2.45, 2.75) is 13.3 Å². The molecule has 0 aliphatic carbocycles. The molecule has 0 saturated carbocycles. The lowest BCUT2D eigenvalue weighted by atomic mass is 10.1. The number of benzene rings is 2. The summed E-state index contributed by atoms with van der Waals surface area (Å²) in [6, 6.07) is 12.3. The third-order valence-corrected chi connectivity index (χ3v) is 4.12. The number of carbonyl (C=O) groups is 1. The first kappa shape index (κ1) is 16.6. The Labute approximate surface area is 138 Å². The molecule has 0 radical (unpaired) electrons. The van der Waals surface area contributed by atoms with Crippen LogP contribution in [-0.2, 0) is 11.2 Å². The highest BCUT2D eigenvalue weighted by molar-refractivity contribution is 9.10. The van der Waals surface area contributed by atoms with E-state index in [-0.39, 0.29) is 18.3 Å². The Balaban J connectivity index is 1.74. The molecule has 2 N–H and O–H groups in total. The highest BCUT2D eigenvalue weighted by Gasteiger charge is 2.04. The molecule has 5 heteroatoms. The number of rotatable bonds is 6. The molecule has 0 unspecified atom stereocenters. The Kier molecular flexibility index (Phi) is 6.10. The van der Waals surface area contributed by atoms with Gasteiger partial charge >= 0.3 is 0 Å². The van der Waals surface area contributed by atoms with E-state index in [1.165, 1.54) is 6.07 Å². The Bertz CT molecular complexity index is 661. The fourth-order valence-corrected chi connectivity index (χ4v) is 2.38. The molecule has 0 atom stereocenters. The van der Waals surface area contributed by atoms with Crippen LogP contribution in [-0.4, -0.2) is 19.0 Å². The smallest absolute Gasteiger partial charge is 0.238 e. The van der Waals surface area contributed by atoms with Crippen LogP contribution in [0, 0.1) is 12.7 Å². The van der Waals surface area contributed by atoms with Crippen LogP contribution < -0.4 is 10.6 Å². The number of aryl methyl sites for hydroxylation is 1. The van der Waals surface area contributed by atoms with Crippen molar-refractivity contribution >= 4 is 27.5 Å². The van der Waals surface area contributed by atoms with Crippen LogP contribution in [0.5, 0.6) is 0 Å². The number of carbonyl (C=O) groups excluding carboxylic acids is 1. The molecule has 0 aromatic heterocycles. The quantitative estimate of drug-likeness (QED) is 0.767. The molecular formula is C17H18BrFN2O.